The van der Waals surface area contributed by atoms with E-state index in [1.54, 1.807) is 14.2 Å². The predicted molar refractivity (Wildman–Crippen MR) is 79.2 cm³/mol. The largest absolute Gasteiger partial charge is 0.496 e. The minimum atomic E-state index is 0.430. The van der Waals surface area contributed by atoms with Gasteiger partial charge in [-0.1, -0.05) is 0 Å². The summed E-state index contributed by atoms with van der Waals surface area (Å²) in [6.07, 6.45) is 3.63. The molecule has 1 aromatic carbocycles. The quantitative estimate of drug-likeness (QED) is 0.924. The van der Waals surface area contributed by atoms with Gasteiger partial charge in [0.25, 0.3) is 0 Å². The summed E-state index contributed by atoms with van der Waals surface area (Å²) in [5.41, 5.74) is 3.77. The van der Waals surface area contributed by atoms with Crippen LogP contribution in [0.5, 0.6) is 11.5 Å². The number of methoxy groups -OCH3 is 2. The second-order valence-corrected chi connectivity index (χ2v) is 6.21. The molecule has 19 heavy (non-hydrogen) atoms. The standard InChI is InChI=1S/C15H20BrNO2/c1-8-12(16)15(19-3)10-6-7-17-13(9-4-5-9)11(10)14(8)18-2/h9,13,17H,4-7H2,1-3H3. The highest BCUT2D eigenvalue weighted by atomic mass is 79.9. The van der Waals surface area contributed by atoms with E-state index in [1.165, 1.54) is 24.0 Å². The van der Waals surface area contributed by atoms with Gasteiger partial charge in [0.1, 0.15) is 11.5 Å². The Balaban J connectivity index is 2.23. The van der Waals surface area contributed by atoms with Crippen molar-refractivity contribution in [3.8, 4) is 11.5 Å². The first-order valence-corrected chi connectivity index (χ1v) is 7.64. The van der Waals surface area contributed by atoms with Crippen molar-refractivity contribution in [3.05, 3.63) is 21.2 Å². The molecule has 1 atom stereocenters. The highest BCUT2D eigenvalue weighted by Crippen LogP contribution is 2.51. The van der Waals surface area contributed by atoms with Crippen LogP contribution in [-0.4, -0.2) is 20.8 Å². The maximum Gasteiger partial charge on any atom is 0.137 e. The zero-order chi connectivity index (χ0) is 13.6. The molecule has 3 nitrogen and oxygen atoms in total. The molecule has 4 heteroatoms. The summed E-state index contributed by atoms with van der Waals surface area (Å²) in [6, 6.07) is 0.430. The molecule has 1 saturated carbocycles. The molecule has 3 rings (SSSR count). The molecule has 1 aliphatic carbocycles. The molecule has 0 radical (unpaired) electrons. The summed E-state index contributed by atoms with van der Waals surface area (Å²) in [7, 11) is 3.51. The summed E-state index contributed by atoms with van der Waals surface area (Å²) in [5, 5.41) is 3.66. The predicted octanol–water partition coefficient (Wildman–Crippen LogP) is 3.37. The molecule has 1 unspecified atom stereocenters. The number of hydrogen-bond acceptors (Lipinski definition) is 3. The molecule has 0 bridgehead atoms. The van der Waals surface area contributed by atoms with Crippen molar-refractivity contribution in [3.63, 3.8) is 0 Å². The van der Waals surface area contributed by atoms with Crippen molar-refractivity contribution < 1.29 is 9.47 Å². The summed E-state index contributed by atoms with van der Waals surface area (Å²) in [6.45, 7) is 3.10. The van der Waals surface area contributed by atoms with Gasteiger partial charge in [-0.3, -0.25) is 0 Å². The van der Waals surface area contributed by atoms with E-state index < -0.39 is 0 Å². The van der Waals surface area contributed by atoms with Crippen LogP contribution in [0.3, 0.4) is 0 Å². The Morgan fingerprint density at radius 2 is 1.84 bits per heavy atom. The van der Waals surface area contributed by atoms with Crippen LogP contribution in [-0.2, 0) is 6.42 Å². The third kappa shape index (κ3) is 2.05. The molecule has 0 spiro atoms. The lowest BCUT2D eigenvalue weighted by atomic mass is 9.88. The van der Waals surface area contributed by atoms with Gasteiger partial charge in [0.15, 0.2) is 0 Å². The lowest BCUT2D eigenvalue weighted by Gasteiger charge is -2.31. The number of hydrogen-bond donors (Lipinski definition) is 1. The van der Waals surface area contributed by atoms with Gasteiger partial charge >= 0.3 is 0 Å². The van der Waals surface area contributed by atoms with Gasteiger partial charge in [0, 0.05) is 22.7 Å². The van der Waals surface area contributed by atoms with Crippen LogP contribution in [0, 0.1) is 12.8 Å². The molecular formula is C15H20BrNO2. The van der Waals surface area contributed by atoms with Gasteiger partial charge < -0.3 is 14.8 Å². The Morgan fingerprint density at radius 3 is 2.42 bits per heavy atom. The van der Waals surface area contributed by atoms with Crippen LogP contribution in [0.4, 0.5) is 0 Å². The number of nitrogens with one attached hydrogen (secondary N) is 1. The average Bonchev–Trinajstić information content (AvgIpc) is 3.24. The van der Waals surface area contributed by atoms with E-state index >= 15 is 0 Å². The minimum absolute atomic E-state index is 0.430. The van der Waals surface area contributed by atoms with Gasteiger partial charge in [-0.15, -0.1) is 0 Å². The van der Waals surface area contributed by atoms with Crippen molar-refractivity contribution in [2.45, 2.75) is 32.2 Å². The third-order valence-corrected chi connectivity index (χ3v) is 5.22. The van der Waals surface area contributed by atoms with Crippen LogP contribution in [0.1, 0.15) is 35.6 Å². The fourth-order valence-electron chi connectivity index (χ4n) is 3.20. The van der Waals surface area contributed by atoms with Crippen molar-refractivity contribution in [1.29, 1.82) is 0 Å². The first-order chi connectivity index (χ1) is 9.19. The Kier molecular flexibility index (Phi) is 3.48. The van der Waals surface area contributed by atoms with E-state index in [9.17, 15) is 0 Å². The van der Waals surface area contributed by atoms with E-state index in [0.29, 0.717) is 6.04 Å². The number of rotatable bonds is 3. The van der Waals surface area contributed by atoms with E-state index in [0.717, 1.165) is 40.4 Å². The molecular weight excluding hydrogens is 306 g/mol. The van der Waals surface area contributed by atoms with Gasteiger partial charge in [0.2, 0.25) is 0 Å². The van der Waals surface area contributed by atoms with Crippen molar-refractivity contribution in [2.75, 3.05) is 20.8 Å². The zero-order valence-electron chi connectivity index (χ0n) is 11.7. The maximum atomic E-state index is 5.71. The van der Waals surface area contributed by atoms with E-state index in [1.807, 2.05) is 0 Å². The second kappa shape index (κ2) is 4.98. The SMILES string of the molecule is COc1c(Br)c(C)c(OC)c2c1CCNC2C1CC1. The first kappa shape index (κ1) is 13.3. The summed E-state index contributed by atoms with van der Waals surface area (Å²) < 4.78 is 12.4. The van der Waals surface area contributed by atoms with Crippen LogP contribution < -0.4 is 14.8 Å². The lowest BCUT2D eigenvalue weighted by Crippen LogP contribution is -2.32. The third-order valence-electron chi connectivity index (χ3n) is 4.26. The van der Waals surface area contributed by atoms with E-state index in [-0.39, 0.29) is 0 Å². The molecule has 0 amide bonds. The summed E-state index contributed by atoms with van der Waals surface area (Å²) in [4.78, 5) is 0. The highest BCUT2D eigenvalue weighted by Gasteiger charge is 2.39. The number of benzene rings is 1. The monoisotopic (exact) mass is 325 g/mol. The van der Waals surface area contributed by atoms with Crippen LogP contribution >= 0.6 is 15.9 Å². The maximum absolute atomic E-state index is 5.71. The van der Waals surface area contributed by atoms with E-state index in [2.05, 4.69) is 28.2 Å². The zero-order valence-corrected chi connectivity index (χ0v) is 13.3. The van der Waals surface area contributed by atoms with Crippen molar-refractivity contribution in [2.24, 2.45) is 5.92 Å². The Bertz CT molecular complexity index is 512. The first-order valence-electron chi connectivity index (χ1n) is 6.85. The number of ether oxygens (including phenoxy) is 2. The van der Waals surface area contributed by atoms with Crippen molar-refractivity contribution >= 4 is 15.9 Å². The average molecular weight is 326 g/mol. The normalized spacial score (nSPS) is 22.0. The second-order valence-electron chi connectivity index (χ2n) is 5.42. The van der Waals surface area contributed by atoms with Gasteiger partial charge in [-0.25, -0.2) is 0 Å². The topological polar surface area (TPSA) is 30.5 Å². The Morgan fingerprint density at radius 1 is 1.16 bits per heavy atom. The number of halogens is 1. The fraction of sp³-hybridized carbons (Fsp3) is 0.600. The molecule has 104 valence electrons. The molecule has 1 aliphatic heterocycles. The Labute approximate surface area is 122 Å². The fourth-order valence-corrected chi connectivity index (χ4v) is 3.78. The van der Waals surface area contributed by atoms with Crippen LogP contribution in [0.25, 0.3) is 0 Å². The smallest absolute Gasteiger partial charge is 0.137 e. The minimum Gasteiger partial charge on any atom is -0.496 e. The summed E-state index contributed by atoms with van der Waals surface area (Å²) >= 11 is 3.66. The lowest BCUT2D eigenvalue weighted by molar-refractivity contribution is 0.362. The van der Waals surface area contributed by atoms with E-state index in [4.69, 9.17) is 9.47 Å². The summed E-state index contributed by atoms with van der Waals surface area (Å²) in [5.74, 6) is 2.77. The number of fused-ring (bicyclic) bond motifs is 1. The highest BCUT2D eigenvalue weighted by molar-refractivity contribution is 9.10. The van der Waals surface area contributed by atoms with Gasteiger partial charge in [-0.2, -0.15) is 0 Å². The van der Waals surface area contributed by atoms with Crippen LogP contribution in [0.15, 0.2) is 4.47 Å². The van der Waals surface area contributed by atoms with Gasteiger partial charge in [-0.05, 0) is 54.6 Å². The van der Waals surface area contributed by atoms with Crippen LogP contribution in [0.2, 0.25) is 0 Å². The van der Waals surface area contributed by atoms with Gasteiger partial charge in [0.05, 0.1) is 18.7 Å². The molecule has 0 saturated heterocycles. The van der Waals surface area contributed by atoms with Crippen molar-refractivity contribution in [1.82, 2.24) is 5.32 Å². The molecule has 1 aromatic rings. The molecule has 1 fully saturated rings. The molecule has 1 heterocycles. The molecule has 0 aromatic heterocycles. The Hall–Kier alpha value is -0.740. The molecule has 2 aliphatic rings. The molecule has 1 N–H and O–H groups in total.